The lowest BCUT2D eigenvalue weighted by Crippen LogP contribution is -2.60. The van der Waals surface area contributed by atoms with Crippen LogP contribution < -0.4 is 16.4 Å². The Kier molecular flexibility index (Phi) is 18.4. The van der Waals surface area contributed by atoms with Crippen molar-refractivity contribution in [1.29, 1.82) is 0 Å². The van der Waals surface area contributed by atoms with Gasteiger partial charge in [0.25, 0.3) is 6.71 Å². The monoisotopic (exact) mass is 998 g/mol. The summed E-state index contributed by atoms with van der Waals surface area (Å²) in [6.45, 7) is 29.2. The third-order valence-corrected chi connectivity index (χ3v) is 33.4. The van der Waals surface area contributed by atoms with Crippen LogP contribution in [0, 0.1) is 104 Å². The molecule has 0 nitrogen and oxygen atoms in total. The van der Waals surface area contributed by atoms with E-state index in [-0.39, 0.29) is 49.9 Å². The summed E-state index contributed by atoms with van der Waals surface area (Å²) < 4.78 is 198. The Labute approximate surface area is 394 Å². The summed E-state index contributed by atoms with van der Waals surface area (Å²) in [4.78, 5) is 0. The van der Waals surface area contributed by atoms with Crippen molar-refractivity contribution in [3.63, 3.8) is 0 Å². The topological polar surface area (TPSA) is 0 Å². The fraction of sp³-hybridized carbons (Fsp3) is 0.529. The first kappa shape index (κ1) is 57.5. The van der Waals surface area contributed by atoms with Gasteiger partial charge in [-0.15, -0.1) is 16.6 Å². The predicted octanol–water partition coefficient (Wildman–Crippen LogP) is 14.6. The van der Waals surface area contributed by atoms with E-state index in [1.165, 1.54) is 0 Å². The molecule has 67 heavy (non-hydrogen) atoms. The maximum atomic E-state index is 17.2. The molecule has 3 aromatic rings. The van der Waals surface area contributed by atoms with Crippen molar-refractivity contribution in [3.8, 4) is 34.4 Å². The van der Waals surface area contributed by atoms with Crippen LogP contribution in [0.2, 0.25) is 49.9 Å². The Morgan fingerprint density at radius 2 is 0.418 bits per heavy atom. The van der Waals surface area contributed by atoms with Gasteiger partial charge in [0, 0.05) is 16.4 Å². The molecule has 0 unspecified atom stereocenters. The van der Waals surface area contributed by atoms with E-state index in [2.05, 4.69) is 34.4 Å². The van der Waals surface area contributed by atoms with Gasteiger partial charge in [0.2, 0.25) is 0 Å². The normalized spacial score (nSPS) is 12.6. The third-order valence-electron chi connectivity index (χ3n) is 14.6. The smallest absolute Gasteiger partial charge is 0.206 e. The predicted molar refractivity (Wildman–Crippen MR) is 257 cm³/mol. The van der Waals surface area contributed by atoms with Gasteiger partial charge in [-0.25, -0.2) is 52.7 Å². The van der Waals surface area contributed by atoms with Crippen LogP contribution in [0.1, 0.15) is 141 Å². The van der Waals surface area contributed by atoms with Gasteiger partial charge in [-0.05, 0) is 49.9 Å². The lowest BCUT2D eigenvalue weighted by Gasteiger charge is -2.38. The molecule has 0 aliphatic rings. The van der Waals surface area contributed by atoms with Crippen LogP contribution in [0.5, 0.6) is 0 Å². The Hall–Kier alpha value is -3.78. The SMILES string of the molecule is CC(C)[Si](C#Cc1c(F)c(F)c(B(c2c(F)c(F)c(C#C[Si](C(C)C)(C(C)C)C(C)C)c(F)c2F)c2c(F)c(F)c(F)c(C#C[Si](C(C)C)(C(C)C)C(C)C)c2F)c(F)c1F)(C(C)C)C(C)C. The van der Waals surface area contributed by atoms with Crippen LogP contribution in [-0.4, -0.2) is 30.9 Å². The highest BCUT2D eigenvalue weighted by Gasteiger charge is 2.47. The van der Waals surface area contributed by atoms with E-state index in [0.29, 0.717) is 0 Å². The molecule has 0 atom stereocenters. The third kappa shape index (κ3) is 9.74. The Balaban J connectivity index is 2.80. The zero-order chi connectivity index (χ0) is 51.9. The largest absolute Gasteiger partial charge is 0.264 e. The first-order valence-electron chi connectivity index (χ1n) is 22.9. The van der Waals surface area contributed by atoms with Crippen molar-refractivity contribution in [2.75, 3.05) is 0 Å². The van der Waals surface area contributed by atoms with Crippen LogP contribution in [0.3, 0.4) is 0 Å². The summed E-state index contributed by atoms with van der Waals surface area (Å²) in [6.07, 6.45) is 0. The number of benzene rings is 3. The van der Waals surface area contributed by atoms with Crippen molar-refractivity contribution in [2.45, 2.75) is 174 Å². The van der Waals surface area contributed by atoms with Crippen molar-refractivity contribution < 1.29 is 52.7 Å². The minimum Gasteiger partial charge on any atom is -0.206 e. The second-order valence-corrected chi connectivity index (χ2v) is 37.2. The molecular formula is C51H63BF12Si3. The molecule has 16 heteroatoms. The summed E-state index contributed by atoms with van der Waals surface area (Å²) in [5, 5.41) is 0. The molecule has 0 aliphatic heterocycles. The molecule has 0 N–H and O–H groups in total. The summed E-state index contributed by atoms with van der Waals surface area (Å²) in [5.41, 5.74) is -4.04. The molecule has 0 heterocycles. The van der Waals surface area contributed by atoms with E-state index in [1.807, 2.05) is 83.1 Å². The zero-order valence-electron chi connectivity index (χ0n) is 41.8. The molecule has 0 aromatic heterocycles. The maximum Gasteiger partial charge on any atom is 0.264 e. The number of hydrogen-bond acceptors (Lipinski definition) is 0. The van der Waals surface area contributed by atoms with Gasteiger partial charge in [-0.3, -0.25) is 0 Å². The molecule has 0 spiro atoms. The lowest BCUT2D eigenvalue weighted by atomic mass is 9.35. The highest BCUT2D eigenvalue weighted by Crippen LogP contribution is 2.43. The molecule has 3 rings (SSSR count). The Morgan fingerprint density at radius 1 is 0.254 bits per heavy atom. The van der Waals surface area contributed by atoms with E-state index in [9.17, 15) is 0 Å². The van der Waals surface area contributed by atoms with Crippen LogP contribution in [0.25, 0.3) is 0 Å². The van der Waals surface area contributed by atoms with E-state index in [0.717, 1.165) is 0 Å². The van der Waals surface area contributed by atoms with Gasteiger partial charge in [0.15, 0.2) is 64.0 Å². The van der Waals surface area contributed by atoms with E-state index in [4.69, 9.17) is 0 Å². The summed E-state index contributed by atoms with van der Waals surface area (Å²) in [6, 6.07) is 0. The molecular weight excluding hydrogens is 936 g/mol. The van der Waals surface area contributed by atoms with Crippen LogP contribution in [0.15, 0.2) is 0 Å². The van der Waals surface area contributed by atoms with Gasteiger partial charge in [-0.2, -0.15) is 0 Å². The van der Waals surface area contributed by atoms with Gasteiger partial charge in [0.05, 0.1) is 5.56 Å². The molecule has 0 bridgehead atoms. The quantitative estimate of drug-likeness (QED) is 0.0558. The Morgan fingerprint density at radius 3 is 0.627 bits per heavy atom. The molecule has 0 saturated heterocycles. The average molecular weight is 999 g/mol. The summed E-state index contributed by atoms with van der Waals surface area (Å²) in [5.74, 6) is -22.4. The van der Waals surface area contributed by atoms with Gasteiger partial charge >= 0.3 is 0 Å². The average Bonchev–Trinajstić information content (AvgIpc) is 3.21. The Bertz CT molecular complexity index is 2320. The molecule has 0 aliphatic carbocycles. The minimum absolute atomic E-state index is 0.154. The number of rotatable bonds is 12. The lowest BCUT2D eigenvalue weighted by molar-refractivity contribution is 0.437. The first-order valence-corrected chi connectivity index (χ1v) is 29.6. The molecule has 0 saturated carbocycles. The van der Waals surface area contributed by atoms with Gasteiger partial charge < -0.3 is 0 Å². The molecule has 0 amide bonds. The van der Waals surface area contributed by atoms with Gasteiger partial charge in [-0.1, -0.05) is 142 Å². The van der Waals surface area contributed by atoms with Crippen molar-refractivity contribution in [2.24, 2.45) is 0 Å². The minimum atomic E-state index is -3.61. The fourth-order valence-corrected chi connectivity index (χ4v) is 26.9. The van der Waals surface area contributed by atoms with Crippen LogP contribution >= 0.6 is 0 Å². The summed E-state index contributed by atoms with van der Waals surface area (Å²) >= 11 is 0. The summed E-state index contributed by atoms with van der Waals surface area (Å²) in [7, 11) is -8.79. The molecule has 0 fully saturated rings. The number of hydrogen-bond donors (Lipinski definition) is 0. The van der Waals surface area contributed by atoms with E-state index >= 15 is 52.7 Å². The molecule has 0 radical (unpaired) electrons. The van der Waals surface area contributed by atoms with E-state index in [1.54, 1.807) is 41.5 Å². The second-order valence-electron chi connectivity index (χ2n) is 20.5. The number of halogens is 12. The van der Waals surface area contributed by atoms with Crippen molar-refractivity contribution >= 4 is 47.3 Å². The highest BCUT2D eigenvalue weighted by molar-refractivity contribution is 6.96. The zero-order valence-corrected chi connectivity index (χ0v) is 44.8. The van der Waals surface area contributed by atoms with Crippen LogP contribution in [0.4, 0.5) is 52.7 Å². The first-order chi connectivity index (χ1) is 30.7. The van der Waals surface area contributed by atoms with Crippen LogP contribution in [-0.2, 0) is 0 Å². The molecule has 366 valence electrons. The highest BCUT2D eigenvalue weighted by atomic mass is 28.3. The van der Waals surface area contributed by atoms with Crippen molar-refractivity contribution in [3.05, 3.63) is 86.5 Å². The van der Waals surface area contributed by atoms with Crippen molar-refractivity contribution in [1.82, 2.24) is 0 Å². The second kappa shape index (κ2) is 21.5. The fourth-order valence-electron chi connectivity index (χ4n) is 11.3. The van der Waals surface area contributed by atoms with E-state index < -0.39 is 134 Å². The standard InChI is InChI=1S/C51H63BF12Si3/c1-25(2)65(26(3)4,27(5)6)22-19-34-40(53)37(50(63)51(64)45(34)58)52(38-46(59)41(54)35(42(55)47(38)60)20-23-66(28(7)8,29(9)10)30(11)12)39-48(61)43(56)36(44(57)49(39)62)21-24-67(31(13)14,32(15)16)33(17)18/h25-33H,1-18H3. The maximum absolute atomic E-state index is 17.2. The van der Waals surface area contributed by atoms with Gasteiger partial charge in [0.1, 0.15) is 41.2 Å². The molecule has 3 aromatic carbocycles.